The van der Waals surface area contributed by atoms with Crippen molar-refractivity contribution in [3.63, 3.8) is 0 Å². The van der Waals surface area contributed by atoms with E-state index in [4.69, 9.17) is 4.74 Å². The Morgan fingerprint density at radius 3 is 2.10 bits per heavy atom. The molecule has 2 rings (SSSR count). The van der Waals surface area contributed by atoms with Crippen LogP contribution in [-0.2, 0) is 11.2 Å². The molecule has 0 saturated carbocycles. The van der Waals surface area contributed by atoms with Gasteiger partial charge in [0.25, 0.3) is 5.91 Å². The molecule has 104 valence electrons. The Balaban J connectivity index is 2.00. The Morgan fingerprint density at radius 2 is 1.60 bits per heavy atom. The van der Waals surface area contributed by atoms with Crippen molar-refractivity contribution in [3.05, 3.63) is 54.1 Å². The lowest BCUT2D eigenvalue weighted by atomic mass is 10.2. The maximum atomic E-state index is 12.1. The van der Waals surface area contributed by atoms with Gasteiger partial charge in [-0.1, -0.05) is 19.1 Å². The fourth-order valence-corrected chi connectivity index (χ4v) is 1.73. The number of carbonyl (C=O) groups is 1. The largest absolute Gasteiger partial charge is 0.457 e. The topological polar surface area (TPSA) is 38.3 Å². The number of halogens is 1. The molecule has 0 heterocycles. The van der Waals surface area contributed by atoms with Crippen LogP contribution < -0.4 is 10.1 Å². The number of alkyl halides is 1. The van der Waals surface area contributed by atoms with E-state index in [1.807, 2.05) is 24.3 Å². The van der Waals surface area contributed by atoms with Crippen molar-refractivity contribution in [2.75, 3.05) is 12.0 Å². The summed E-state index contributed by atoms with van der Waals surface area (Å²) in [6.45, 7) is 1.07. The van der Waals surface area contributed by atoms with Crippen LogP contribution in [0.2, 0.25) is 0 Å². The molecule has 0 saturated heterocycles. The van der Waals surface area contributed by atoms with E-state index >= 15 is 0 Å². The van der Waals surface area contributed by atoms with Crippen LogP contribution in [0.3, 0.4) is 0 Å². The molecule has 0 fully saturated rings. The molecule has 0 radical (unpaired) electrons. The minimum atomic E-state index is -1.03. The molecule has 20 heavy (non-hydrogen) atoms. The monoisotopic (exact) mass is 273 g/mol. The van der Waals surface area contributed by atoms with E-state index in [0.717, 1.165) is 12.2 Å². The summed E-state index contributed by atoms with van der Waals surface area (Å²) in [5.74, 6) is 0.754. The molecule has 0 spiro atoms. The molecule has 0 unspecified atom stereocenters. The van der Waals surface area contributed by atoms with Gasteiger partial charge in [-0.2, -0.15) is 0 Å². The highest BCUT2D eigenvalue weighted by molar-refractivity contribution is 5.91. The summed E-state index contributed by atoms with van der Waals surface area (Å²) < 4.78 is 17.7. The van der Waals surface area contributed by atoms with Gasteiger partial charge in [-0.15, -0.1) is 0 Å². The van der Waals surface area contributed by atoms with Gasteiger partial charge in [0.05, 0.1) is 0 Å². The summed E-state index contributed by atoms with van der Waals surface area (Å²) in [5.41, 5.74) is 1.79. The summed E-state index contributed by atoms with van der Waals surface area (Å²) in [5, 5.41) is 2.43. The molecule has 0 atom stereocenters. The SMILES string of the molecule is CCc1ccc(Oc2ccc(NC(=O)CF)cc2)cc1. The van der Waals surface area contributed by atoms with Crippen molar-refractivity contribution in [2.24, 2.45) is 0 Å². The minimum Gasteiger partial charge on any atom is -0.457 e. The average Bonchev–Trinajstić information content (AvgIpc) is 2.50. The summed E-state index contributed by atoms with van der Waals surface area (Å²) in [4.78, 5) is 10.9. The van der Waals surface area contributed by atoms with Gasteiger partial charge in [0, 0.05) is 5.69 Å². The zero-order valence-electron chi connectivity index (χ0n) is 11.2. The van der Waals surface area contributed by atoms with E-state index in [1.165, 1.54) is 5.56 Å². The number of benzene rings is 2. The summed E-state index contributed by atoms with van der Waals surface area (Å²) >= 11 is 0. The highest BCUT2D eigenvalue weighted by Crippen LogP contribution is 2.23. The molecule has 1 N–H and O–H groups in total. The van der Waals surface area contributed by atoms with Gasteiger partial charge in [0.15, 0.2) is 6.67 Å². The maximum absolute atomic E-state index is 12.1. The van der Waals surface area contributed by atoms with Crippen molar-refractivity contribution in [1.82, 2.24) is 0 Å². The first-order valence-corrected chi connectivity index (χ1v) is 6.44. The quantitative estimate of drug-likeness (QED) is 0.895. The van der Waals surface area contributed by atoms with Gasteiger partial charge in [-0.3, -0.25) is 4.79 Å². The van der Waals surface area contributed by atoms with Crippen molar-refractivity contribution in [3.8, 4) is 11.5 Å². The summed E-state index contributed by atoms with van der Waals surface area (Å²) in [7, 11) is 0. The Labute approximate surface area is 117 Å². The molecular weight excluding hydrogens is 257 g/mol. The van der Waals surface area contributed by atoms with E-state index in [-0.39, 0.29) is 0 Å². The normalized spacial score (nSPS) is 10.1. The van der Waals surface area contributed by atoms with Crippen molar-refractivity contribution >= 4 is 11.6 Å². The van der Waals surface area contributed by atoms with E-state index in [0.29, 0.717) is 11.4 Å². The fourth-order valence-electron chi connectivity index (χ4n) is 1.73. The van der Waals surface area contributed by atoms with Gasteiger partial charge in [-0.05, 0) is 48.4 Å². The third kappa shape index (κ3) is 3.82. The first-order chi connectivity index (χ1) is 9.71. The second kappa shape index (κ2) is 6.70. The summed E-state index contributed by atoms with van der Waals surface area (Å²) in [6.07, 6.45) is 0.989. The molecule has 2 aromatic carbocycles. The number of nitrogens with one attached hydrogen (secondary N) is 1. The Hall–Kier alpha value is -2.36. The van der Waals surface area contributed by atoms with Crippen LogP contribution in [0.25, 0.3) is 0 Å². The fraction of sp³-hybridized carbons (Fsp3) is 0.188. The predicted molar refractivity (Wildman–Crippen MR) is 76.9 cm³/mol. The second-order valence-electron chi connectivity index (χ2n) is 4.31. The van der Waals surface area contributed by atoms with Crippen LogP contribution in [0.1, 0.15) is 12.5 Å². The number of rotatable bonds is 5. The number of carbonyl (C=O) groups excluding carboxylic acids is 1. The van der Waals surface area contributed by atoms with Crippen LogP contribution >= 0.6 is 0 Å². The Morgan fingerprint density at radius 1 is 1.05 bits per heavy atom. The molecule has 2 aromatic rings. The zero-order valence-corrected chi connectivity index (χ0v) is 11.2. The lowest BCUT2D eigenvalue weighted by molar-refractivity contribution is -0.117. The van der Waals surface area contributed by atoms with E-state index < -0.39 is 12.6 Å². The summed E-state index contributed by atoms with van der Waals surface area (Å²) in [6, 6.07) is 14.7. The molecule has 0 aliphatic carbocycles. The lowest BCUT2D eigenvalue weighted by Crippen LogP contribution is -2.12. The second-order valence-corrected chi connectivity index (χ2v) is 4.31. The number of anilines is 1. The predicted octanol–water partition coefficient (Wildman–Crippen LogP) is 3.95. The van der Waals surface area contributed by atoms with Crippen LogP contribution in [0.4, 0.5) is 10.1 Å². The average molecular weight is 273 g/mol. The van der Waals surface area contributed by atoms with Gasteiger partial charge in [0.2, 0.25) is 0 Å². The molecule has 3 nitrogen and oxygen atoms in total. The molecule has 4 heteroatoms. The van der Waals surface area contributed by atoms with Gasteiger partial charge < -0.3 is 10.1 Å². The van der Waals surface area contributed by atoms with Crippen molar-refractivity contribution in [2.45, 2.75) is 13.3 Å². The number of ether oxygens (including phenoxy) is 1. The highest BCUT2D eigenvalue weighted by atomic mass is 19.1. The first-order valence-electron chi connectivity index (χ1n) is 6.44. The Bertz CT molecular complexity index is 564. The smallest absolute Gasteiger partial charge is 0.255 e. The third-order valence-electron chi connectivity index (χ3n) is 2.83. The first kappa shape index (κ1) is 14.1. The van der Waals surface area contributed by atoms with E-state index in [1.54, 1.807) is 24.3 Å². The van der Waals surface area contributed by atoms with Crippen LogP contribution in [0, 0.1) is 0 Å². The van der Waals surface area contributed by atoms with Gasteiger partial charge in [0.1, 0.15) is 11.5 Å². The molecule has 0 bridgehead atoms. The van der Waals surface area contributed by atoms with Crippen LogP contribution in [-0.4, -0.2) is 12.6 Å². The highest BCUT2D eigenvalue weighted by Gasteiger charge is 2.02. The lowest BCUT2D eigenvalue weighted by Gasteiger charge is -2.08. The Kier molecular flexibility index (Phi) is 4.71. The van der Waals surface area contributed by atoms with E-state index in [2.05, 4.69) is 12.2 Å². The van der Waals surface area contributed by atoms with Gasteiger partial charge in [-0.25, -0.2) is 4.39 Å². The number of hydrogen-bond acceptors (Lipinski definition) is 2. The third-order valence-corrected chi connectivity index (χ3v) is 2.83. The molecular formula is C16H16FNO2. The number of amides is 1. The van der Waals surface area contributed by atoms with Crippen LogP contribution in [0.5, 0.6) is 11.5 Å². The molecule has 0 aliphatic rings. The minimum absolute atomic E-state index is 0.543. The molecule has 0 aliphatic heterocycles. The number of aryl methyl sites for hydroxylation is 1. The van der Waals surface area contributed by atoms with Crippen LogP contribution in [0.15, 0.2) is 48.5 Å². The molecule has 1 amide bonds. The van der Waals surface area contributed by atoms with Crippen molar-refractivity contribution in [1.29, 1.82) is 0 Å². The molecule has 0 aromatic heterocycles. The standard InChI is InChI=1S/C16H16FNO2/c1-2-12-3-7-14(8-4-12)20-15-9-5-13(6-10-15)18-16(19)11-17/h3-10H,2,11H2,1H3,(H,18,19). The van der Waals surface area contributed by atoms with Crippen molar-refractivity contribution < 1.29 is 13.9 Å². The number of hydrogen-bond donors (Lipinski definition) is 1. The maximum Gasteiger partial charge on any atom is 0.255 e. The van der Waals surface area contributed by atoms with Gasteiger partial charge >= 0.3 is 0 Å². The van der Waals surface area contributed by atoms with E-state index in [9.17, 15) is 9.18 Å². The zero-order chi connectivity index (χ0) is 14.4.